The Kier molecular flexibility index (Phi) is 12.0. The highest BCUT2D eigenvalue weighted by atomic mass is 16.5. The van der Waals surface area contributed by atoms with Crippen molar-refractivity contribution >= 4 is 5.97 Å². The van der Waals surface area contributed by atoms with Gasteiger partial charge in [-0.05, 0) is 97.6 Å². The van der Waals surface area contributed by atoms with Crippen LogP contribution in [0, 0.1) is 23.7 Å². The molecule has 3 saturated carbocycles. The summed E-state index contributed by atoms with van der Waals surface area (Å²) in [4.78, 5) is 11.4. The SMILES string of the molecule is CC.CC.CC.COc1ccc(C2(c3ccc(OC(C)=O)cc3)CC3CC4CCC2CC(C4)C3)cc1. The molecule has 0 saturated heterocycles. The van der Waals surface area contributed by atoms with Crippen LogP contribution in [0.4, 0.5) is 0 Å². The Hall–Kier alpha value is -2.29. The lowest BCUT2D eigenvalue weighted by Gasteiger charge is -2.45. The molecule has 2 aromatic rings. The molecular formula is C33H50O3. The molecule has 2 aromatic carbocycles. The molecule has 200 valence electrons. The number of rotatable bonds is 4. The van der Waals surface area contributed by atoms with Crippen LogP contribution in [0.15, 0.2) is 48.5 Å². The summed E-state index contributed by atoms with van der Waals surface area (Å²) in [6.07, 6.45) is 9.49. The Labute approximate surface area is 221 Å². The largest absolute Gasteiger partial charge is 0.497 e. The highest BCUT2D eigenvalue weighted by Gasteiger charge is 2.50. The smallest absolute Gasteiger partial charge is 0.308 e. The standard InChI is InChI=1S/C27H32O3.3C2H6/c1-18(28)30-26-11-7-23(8-12-26)27(22-5-9-25(29-2)10-6-22)17-21-14-19-3-4-24(27)16-20(13-19)15-21;3*1-2/h5-12,19-21,24H,3-4,13-17H2,1-2H3;3*1-2H3. The third kappa shape index (κ3) is 6.52. The van der Waals surface area contributed by atoms with E-state index in [-0.39, 0.29) is 11.4 Å². The predicted octanol–water partition coefficient (Wildman–Crippen LogP) is 9.22. The zero-order valence-electron chi connectivity index (χ0n) is 24.1. The number of hydrogen-bond acceptors (Lipinski definition) is 3. The van der Waals surface area contributed by atoms with Crippen LogP contribution in [0.25, 0.3) is 0 Å². The van der Waals surface area contributed by atoms with Crippen molar-refractivity contribution in [3.8, 4) is 11.5 Å². The van der Waals surface area contributed by atoms with E-state index in [1.165, 1.54) is 63.0 Å². The first kappa shape index (κ1) is 29.9. The molecular weight excluding hydrogens is 444 g/mol. The molecule has 0 heterocycles. The minimum Gasteiger partial charge on any atom is -0.497 e. The fraction of sp³-hybridized carbons (Fsp3) is 0.606. The minimum absolute atomic E-state index is 0.0236. The summed E-state index contributed by atoms with van der Waals surface area (Å²) in [7, 11) is 1.73. The molecule has 3 fully saturated rings. The summed E-state index contributed by atoms with van der Waals surface area (Å²) in [5, 5.41) is 0. The molecule has 3 aliphatic rings. The minimum atomic E-state index is -0.269. The summed E-state index contributed by atoms with van der Waals surface area (Å²) in [5.41, 5.74) is 2.81. The number of fused-ring (bicyclic) bond motifs is 3. The maximum atomic E-state index is 11.4. The van der Waals surface area contributed by atoms with Crippen LogP contribution in [0.1, 0.15) is 105 Å². The van der Waals surface area contributed by atoms with E-state index in [4.69, 9.17) is 9.47 Å². The highest BCUT2D eigenvalue weighted by molar-refractivity contribution is 5.69. The number of carbonyl (C=O) groups is 1. The number of ether oxygens (including phenoxy) is 2. The van der Waals surface area contributed by atoms with Gasteiger partial charge in [-0.3, -0.25) is 4.79 Å². The molecule has 0 amide bonds. The first-order valence-electron chi connectivity index (χ1n) is 14.5. The summed E-state index contributed by atoms with van der Waals surface area (Å²) in [6, 6.07) is 17.2. The second-order valence-corrected chi connectivity index (χ2v) is 9.84. The Balaban J connectivity index is 0.000000710. The molecule has 0 N–H and O–H groups in total. The second-order valence-electron chi connectivity index (χ2n) is 9.84. The van der Waals surface area contributed by atoms with Crippen molar-refractivity contribution in [2.24, 2.45) is 23.7 Å². The van der Waals surface area contributed by atoms with Gasteiger partial charge in [0.05, 0.1) is 7.11 Å². The molecule has 0 radical (unpaired) electrons. The molecule has 5 unspecified atom stereocenters. The van der Waals surface area contributed by atoms with Crippen molar-refractivity contribution in [3.63, 3.8) is 0 Å². The molecule has 0 aliphatic heterocycles. The van der Waals surface area contributed by atoms with Gasteiger partial charge in [0.2, 0.25) is 0 Å². The summed E-state index contributed by atoms with van der Waals surface area (Å²) in [5.74, 6) is 4.57. The predicted molar refractivity (Wildman–Crippen MR) is 152 cm³/mol. The van der Waals surface area contributed by atoms with E-state index in [0.717, 1.165) is 23.5 Å². The van der Waals surface area contributed by atoms with Crippen LogP contribution in [0.3, 0.4) is 0 Å². The molecule has 3 aliphatic carbocycles. The average Bonchev–Trinajstić information content (AvgIpc) is 3.15. The van der Waals surface area contributed by atoms with E-state index in [1.807, 2.05) is 53.7 Å². The lowest BCUT2D eigenvalue weighted by atomic mass is 9.59. The summed E-state index contributed by atoms with van der Waals surface area (Å²) < 4.78 is 10.8. The molecule has 3 heteroatoms. The summed E-state index contributed by atoms with van der Waals surface area (Å²) >= 11 is 0. The normalized spacial score (nSPS) is 27.4. The van der Waals surface area contributed by atoms with Gasteiger partial charge in [0.1, 0.15) is 11.5 Å². The average molecular weight is 495 g/mol. The number of carbonyl (C=O) groups excluding carboxylic acids is 1. The summed E-state index contributed by atoms with van der Waals surface area (Å²) in [6.45, 7) is 13.5. The van der Waals surface area contributed by atoms with Crippen molar-refractivity contribution in [1.29, 1.82) is 0 Å². The quantitative estimate of drug-likeness (QED) is 0.314. The van der Waals surface area contributed by atoms with Crippen LogP contribution in [-0.4, -0.2) is 13.1 Å². The first-order chi connectivity index (χ1) is 17.6. The van der Waals surface area contributed by atoms with E-state index in [1.54, 1.807) is 7.11 Å². The van der Waals surface area contributed by atoms with Gasteiger partial charge in [-0.25, -0.2) is 0 Å². The van der Waals surface area contributed by atoms with E-state index in [2.05, 4.69) is 36.4 Å². The zero-order chi connectivity index (χ0) is 26.7. The Morgan fingerprint density at radius 1 is 0.694 bits per heavy atom. The molecule has 5 atom stereocenters. The number of hydrogen-bond donors (Lipinski definition) is 0. The topological polar surface area (TPSA) is 35.5 Å². The molecule has 4 bridgehead atoms. The van der Waals surface area contributed by atoms with Crippen LogP contribution in [0.2, 0.25) is 0 Å². The first-order valence-corrected chi connectivity index (χ1v) is 14.5. The number of benzene rings is 2. The van der Waals surface area contributed by atoms with Crippen molar-refractivity contribution in [2.45, 2.75) is 98.8 Å². The van der Waals surface area contributed by atoms with Gasteiger partial charge in [0.15, 0.2) is 0 Å². The third-order valence-electron chi connectivity index (χ3n) is 8.08. The highest BCUT2D eigenvalue weighted by Crippen LogP contribution is 2.58. The van der Waals surface area contributed by atoms with Gasteiger partial charge in [0.25, 0.3) is 0 Å². The van der Waals surface area contributed by atoms with Crippen LogP contribution in [0.5, 0.6) is 11.5 Å². The van der Waals surface area contributed by atoms with E-state index in [0.29, 0.717) is 11.7 Å². The Morgan fingerprint density at radius 3 is 1.72 bits per heavy atom. The molecule has 0 aromatic heterocycles. The molecule has 0 spiro atoms. The Bertz CT molecular complexity index is 900. The second kappa shape index (κ2) is 14.4. The van der Waals surface area contributed by atoms with Gasteiger partial charge in [0, 0.05) is 12.3 Å². The fourth-order valence-corrected chi connectivity index (χ4v) is 7.07. The van der Waals surface area contributed by atoms with Gasteiger partial charge in [-0.1, -0.05) is 72.2 Å². The van der Waals surface area contributed by atoms with Crippen molar-refractivity contribution in [3.05, 3.63) is 59.7 Å². The molecule has 36 heavy (non-hydrogen) atoms. The van der Waals surface area contributed by atoms with Crippen molar-refractivity contribution in [1.82, 2.24) is 0 Å². The monoisotopic (exact) mass is 494 g/mol. The van der Waals surface area contributed by atoms with Gasteiger partial charge < -0.3 is 9.47 Å². The van der Waals surface area contributed by atoms with Crippen LogP contribution < -0.4 is 9.47 Å². The lowest BCUT2D eigenvalue weighted by Crippen LogP contribution is -2.39. The third-order valence-corrected chi connectivity index (χ3v) is 8.08. The fourth-order valence-electron chi connectivity index (χ4n) is 7.07. The van der Waals surface area contributed by atoms with E-state index >= 15 is 0 Å². The van der Waals surface area contributed by atoms with Gasteiger partial charge >= 0.3 is 5.97 Å². The zero-order valence-corrected chi connectivity index (χ0v) is 24.1. The van der Waals surface area contributed by atoms with Gasteiger partial charge in [-0.15, -0.1) is 0 Å². The number of esters is 1. The maximum absolute atomic E-state index is 11.4. The van der Waals surface area contributed by atoms with Gasteiger partial charge in [-0.2, -0.15) is 0 Å². The Morgan fingerprint density at radius 2 is 1.19 bits per heavy atom. The van der Waals surface area contributed by atoms with Crippen molar-refractivity contribution in [2.75, 3.05) is 7.11 Å². The lowest BCUT2D eigenvalue weighted by molar-refractivity contribution is -0.131. The van der Waals surface area contributed by atoms with Crippen molar-refractivity contribution < 1.29 is 14.3 Å². The van der Waals surface area contributed by atoms with E-state index < -0.39 is 0 Å². The van der Waals surface area contributed by atoms with Crippen LogP contribution >= 0.6 is 0 Å². The maximum Gasteiger partial charge on any atom is 0.308 e. The molecule has 5 rings (SSSR count). The van der Waals surface area contributed by atoms with Crippen LogP contribution in [-0.2, 0) is 10.2 Å². The number of methoxy groups -OCH3 is 1. The molecule has 3 nitrogen and oxygen atoms in total. The van der Waals surface area contributed by atoms with E-state index in [9.17, 15) is 4.79 Å².